The van der Waals surface area contributed by atoms with Gasteiger partial charge in [-0.15, -0.1) is 0 Å². The van der Waals surface area contributed by atoms with E-state index in [2.05, 4.69) is 16.6 Å². The van der Waals surface area contributed by atoms with E-state index < -0.39 is 10.0 Å². The van der Waals surface area contributed by atoms with Gasteiger partial charge in [-0.05, 0) is 31.2 Å². The summed E-state index contributed by atoms with van der Waals surface area (Å²) in [6.07, 6.45) is 0. The van der Waals surface area contributed by atoms with Crippen LogP contribution in [-0.4, -0.2) is 45.6 Å². The lowest BCUT2D eigenvalue weighted by Gasteiger charge is -2.09. The summed E-state index contributed by atoms with van der Waals surface area (Å²) in [6.45, 7) is 1.64. The quantitative estimate of drug-likeness (QED) is 0.830. The average Bonchev–Trinajstić information content (AvgIpc) is 2.43. The fourth-order valence-corrected chi connectivity index (χ4v) is 1.84. The molecule has 1 aromatic carbocycles. The molecular weight excluding hydrogens is 276 g/mol. The van der Waals surface area contributed by atoms with E-state index >= 15 is 0 Å². The van der Waals surface area contributed by atoms with Crippen molar-refractivity contribution >= 4 is 15.9 Å². The zero-order chi connectivity index (χ0) is 15.2. The third kappa shape index (κ3) is 5.03. The van der Waals surface area contributed by atoms with E-state index in [0.717, 1.165) is 5.56 Å². The van der Waals surface area contributed by atoms with E-state index in [1.54, 1.807) is 45.3 Å². The van der Waals surface area contributed by atoms with Gasteiger partial charge < -0.3 is 4.90 Å². The molecule has 0 aliphatic heterocycles. The topological polar surface area (TPSA) is 66.5 Å². The van der Waals surface area contributed by atoms with E-state index in [4.69, 9.17) is 0 Å². The maximum atomic E-state index is 11.7. The van der Waals surface area contributed by atoms with Gasteiger partial charge in [-0.1, -0.05) is 11.8 Å². The molecule has 20 heavy (non-hydrogen) atoms. The van der Waals surface area contributed by atoms with Gasteiger partial charge in [-0.25, -0.2) is 13.1 Å². The Morgan fingerprint density at radius 2 is 1.85 bits per heavy atom. The van der Waals surface area contributed by atoms with Gasteiger partial charge in [0.15, 0.2) is 0 Å². The van der Waals surface area contributed by atoms with Crippen molar-refractivity contribution < 1.29 is 13.2 Å². The van der Waals surface area contributed by atoms with Gasteiger partial charge in [0, 0.05) is 25.2 Å². The van der Waals surface area contributed by atoms with Crippen LogP contribution in [0.1, 0.15) is 22.8 Å². The van der Waals surface area contributed by atoms with Crippen LogP contribution in [0.2, 0.25) is 0 Å². The highest BCUT2D eigenvalue weighted by Crippen LogP contribution is 2.05. The van der Waals surface area contributed by atoms with Crippen LogP contribution in [0.5, 0.6) is 0 Å². The molecule has 0 radical (unpaired) electrons. The molecule has 0 aromatic heterocycles. The Labute approximate surface area is 120 Å². The lowest BCUT2D eigenvalue weighted by molar-refractivity contribution is 0.0827. The molecule has 108 valence electrons. The van der Waals surface area contributed by atoms with Crippen molar-refractivity contribution in [2.75, 3.05) is 26.4 Å². The summed E-state index contributed by atoms with van der Waals surface area (Å²) in [7, 11) is 0.177. The monoisotopic (exact) mass is 294 g/mol. The molecule has 0 heterocycles. The molecule has 0 spiro atoms. The lowest BCUT2D eigenvalue weighted by atomic mass is 10.1. The molecule has 1 aromatic rings. The van der Waals surface area contributed by atoms with Gasteiger partial charge in [0.2, 0.25) is 10.0 Å². The van der Waals surface area contributed by atoms with E-state index in [0.29, 0.717) is 5.56 Å². The van der Waals surface area contributed by atoms with Crippen LogP contribution in [0.4, 0.5) is 0 Å². The molecule has 1 N–H and O–H groups in total. The SMILES string of the molecule is CCS(=O)(=O)NCC#Cc1ccc(C(=O)N(C)C)cc1. The minimum atomic E-state index is -3.20. The number of nitrogens with one attached hydrogen (secondary N) is 1. The summed E-state index contributed by atoms with van der Waals surface area (Å²) in [6, 6.07) is 6.86. The Hall–Kier alpha value is -1.84. The van der Waals surface area contributed by atoms with Gasteiger partial charge in [0.05, 0.1) is 12.3 Å². The minimum absolute atomic E-state index is 0.0377. The zero-order valence-electron chi connectivity index (χ0n) is 11.8. The van der Waals surface area contributed by atoms with Crippen molar-refractivity contribution in [3.05, 3.63) is 35.4 Å². The molecule has 0 aliphatic carbocycles. The van der Waals surface area contributed by atoms with Crippen LogP contribution >= 0.6 is 0 Å². The number of nitrogens with zero attached hydrogens (tertiary/aromatic N) is 1. The van der Waals surface area contributed by atoms with Crippen LogP contribution < -0.4 is 4.72 Å². The molecule has 1 amide bonds. The number of hydrogen-bond donors (Lipinski definition) is 1. The Morgan fingerprint density at radius 1 is 1.25 bits per heavy atom. The first-order valence-electron chi connectivity index (χ1n) is 6.13. The molecular formula is C14H18N2O3S. The van der Waals surface area contributed by atoms with Crippen LogP contribution in [0, 0.1) is 11.8 Å². The minimum Gasteiger partial charge on any atom is -0.345 e. The molecule has 0 aliphatic rings. The summed E-state index contributed by atoms with van der Waals surface area (Å²) in [5.41, 5.74) is 1.32. The van der Waals surface area contributed by atoms with Crippen molar-refractivity contribution in [3.8, 4) is 11.8 Å². The van der Waals surface area contributed by atoms with Crippen molar-refractivity contribution in [2.45, 2.75) is 6.92 Å². The summed E-state index contributed by atoms with van der Waals surface area (Å²) in [5.74, 6) is 5.53. The predicted molar refractivity (Wildman–Crippen MR) is 78.8 cm³/mol. The van der Waals surface area contributed by atoms with Gasteiger partial charge in [-0.2, -0.15) is 0 Å². The van der Waals surface area contributed by atoms with Crippen molar-refractivity contribution in [3.63, 3.8) is 0 Å². The number of carbonyl (C=O) groups excluding carboxylic acids is 1. The summed E-state index contributed by atoms with van der Waals surface area (Å²) in [5, 5.41) is 0. The normalized spacial score (nSPS) is 10.6. The third-order valence-corrected chi connectivity index (χ3v) is 3.88. The van der Waals surface area contributed by atoms with Crippen molar-refractivity contribution in [2.24, 2.45) is 0 Å². The molecule has 1 rings (SSSR count). The highest BCUT2D eigenvalue weighted by molar-refractivity contribution is 7.89. The fraction of sp³-hybridized carbons (Fsp3) is 0.357. The second kappa shape index (κ2) is 7.08. The van der Waals surface area contributed by atoms with E-state index in [1.165, 1.54) is 4.90 Å². The molecule has 0 fully saturated rings. The second-order valence-electron chi connectivity index (χ2n) is 4.30. The van der Waals surface area contributed by atoms with E-state index in [9.17, 15) is 13.2 Å². The molecule has 0 atom stereocenters. The number of amides is 1. The zero-order valence-corrected chi connectivity index (χ0v) is 12.6. The number of sulfonamides is 1. The second-order valence-corrected chi connectivity index (χ2v) is 6.40. The Kier molecular flexibility index (Phi) is 5.74. The fourth-order valence-electron chi connectivity index (χ4n) is 1.35. The Morgan fingerprint density at radius 3 is 2.35 bits per heavy atom. The highest BCUT2D eigenvalue weighted by atomic mass is 32.2. The molecule has 0 bridgehead atoms. The van der Waals surface area contributed by atoms with Crippen LogP contribution in [0.25, 0.3) is 0 Å². The van der Waals surface area contributed by atoms with Gasteiger partial charge in [0.25, 0.3) is 5.91 Å². The molecule has 0 saturated heterocycles. The Balaban J connectivity index is 2.65. The first-order valence-corrected chi connectivity index (χ1v) is 7.79. The van der Waals surface area contributed by atoms with Crippen LogP contribution in [0.3, 0.4) is 0 Å². The summed E-state index contributed by atoms with van der Waals surface area (Å²) in [4.78, 5) is 13.2. The number of carbonyl (C=O) groups is 1. The smallest absolute Gasteiger partial charge is 0.253 e. The lowest BCUT2D eigenvalue weighted by Crippen LogP contribution is -2.25. The molecule has 5 nitrogen and oxygen atoms in total. The molecule has 6 heteroatoms. The van der Waals surface area contributed by atoms with E-state index in [1.807, 2.05) is 0 Å². The maximum absolute atomic E-state index is 11.7. The average molecular weight is 294 g/mol. The number of rotatable bonds is 4. The molecule has 0 unspecified atom stereocenters. The van der Waals surface area contributed by atoms with Crippen molar-refractivity contribution in [1.29, 1.82) is 0 Å². The Bertz CT molecular complexity index is 623. The third-order valence-electron chi connectivity index (χ3n) is 2.53. The first-order chi connectivity index (χ1) is 9.35. The summed E-state index contributed by atoms with van der Waals surface area (Å²) < 4.78 is 24.7. The highest BCUT2D eigenvalue weighted by Gasteiger charge is 2.06. The molecule has 0 saturated carbocycles. The maximum Gasteiger partial charge on any atom is 0.253 e. The van der Waals surface area contributed by atoms with Gasteiger partial charge in [0.1, 0.15) is 0 Å². The van der Waals surface area contributed by atoms with E-state index in [-0.39, 0.29) is 18.2 Å². The first kappa shape index (κ1) is 16.2. The van der Waals surface area contributed by atoms with Gasteiger partial charge in [-0.3, -0.25) is 4.79 Å². The number of benzene rings is 1. The van der Waals surface area contributed by atoms with Gasteiger partial charge >= 0.3 is 0 Å². The predicted octanol–water partition coefficient (Wildman–Crippen LogP) is 0.679. The number of hydrogen-bond acceptors (Lipinski definition) is 3. The summed E-state index contributed by atoms with van der Waals surface area (Å²) >= 11 is 0. The largest absolute Gasteiger partial charge is 0.345 e. The standard InChI is InChI=1S/C14H18N2O3S/c1-4-20(18,19)15-11-5-6-12-7-9-13(10-8-12)14(17)16(2)3/h7-10,15H,4,11H2,1-3H3. The van der Waals surface area contributed by atoms with Crippen LogP contribution in [0.15, 0.2) is 24.3 Å². The van der Waals surface area contributed by atoms with Crippen molar-refractivity contribution in [1.82, 2.24) is 9.62 Å². The van der Waals surface area contributed by atoms with Crippen LogP contribution in [-0.2, 0) is 10.0 Å².